The first kappa shape index (κ1) is 13.2. The second kappa shape index (κ2) is 7.44. The van der Waals surface area contributed by atoms with Gasteiger partial charge in [-0.1, -0.05) is 13.3 Å². The van der Waals surface area contributed by atoms with Crippen LogP contribution in [0.5, 0.6) is 0 Å². The second-order valence-corrected chi connectivity index (χ2v) is 4.46. The molecule has 0 aromatic carbocycles. The van der Waals surface area contributed by atoms with Crippen molar-refractivity contribution in [3.05, 3.63) is 17.5 Å². The molecule has 1 aromatic heterocycles. The predicted molar refractivity (Wildman–Crippen MR) is 68.7 cm³/mol. The van der Waals surface area contributed by atoms with E-state index < -0.39 is 0 Å². The summed E-state index contributed by atoms with van der Waals surface area (Å²) in [5.41, 5.74) is 2.41. The molecule has 0 aliphatic carbocycles. The number of rotatable bonds is 8. The molecule has 0 radical (unpaired) electrons. The monoisotopic (exact) mass is 223 g/mol. The first-order valence-electron chi connectivity index (χ1n) is 6.46. The van der Waals surface area contributed by atoms with E-state index >= 15 is 0 Å². The van der Waals surface area contributed by atoms with Crippen LogP contribution in [0.1, 0.15) is 44.0 Å². The molecule has 0 amide bonds. The summed E-state index contributed by atoms with van der Waals surface area (Å²) in [6.07, 6.45) is 5.02. The van der Waals surface area contributed by atoms with Gasteiger partial charge >= 0.3 is 0 Å². The number of aromatic nitrogens is 2. The Bertz CT molecular complexity index is 291. The van der Waals surface area contributed by atoms with E-state index in [0.29, 0.717) is 0 Å². The topological polar surface area (TPSA) is 29.9 Å². The van der Waals surface area contributed by atoms with Crippen LogP contribution in [0.25, 0.3) is 0 Å². The molecule has 3 nitrogen and oxygen atoms in total. The van der Waals surface area contributed by atoms with Crippen molar-refractivity contribution in [1.29, 1.82) is 0 Å². The molecule has 0 aliphatic heterocycles. The molecule has 0 spiro atoms. The SMILES string of the molecule is CCCNCCCCCn1nc(C)cc1C. The Labute approximate surface area is 99.2 Å². The number of hydrogen-bond donors (Lipinski definition) is 1. The van der Waals surface area contributed by atoms with Crippen molar-refractivity contribution < 1.29 is 0 Å². The van der Waals surface area contributed by atoms with Gasteiger partial charge in [-0.05, 0) is 52.3 Å². The van der Waals surface area contributed by atoms with Crippen molar-refractivity contribution in [1.82, 2.24) is 15.1 Å². The van der Waals surface area contributed by atoms with Gasteiger partial charge in [-0.25, -0.2) is 0 Å². The predicted octanol–water partition coefficient (Wildman–Crippen LogP) is 2.67. The van der Waals surface area contributed by atoms with Gasteiger partial charge in [0.05, 0.1) is 5.69 Å². The summed E-state index contributed by atoms with van der Waals surface area (Å²) < 4.78 is 2.12. The molecule has 3 heteroatoms. The third-order valence-electron chi connectivity index (χ3n) is 2.75. The van der Waals surface area contributed by atoms with E-state index in [1.807, 2.05) is 0 Å². The van der Waals surface area contributed by atoms with Gasteiger partial charge < -0.3 is 5.32 Å². The lowest BCUT2D eigenvalue weighted by atomic mass is 10.2. The van der Waals surface area contributed by atoms with Crippen LogP contribution in [0.15, 0.2) is 6.07 Å². The van der Waals surface area contributed by atoms with Crippen molar-refractivity contribution in [2.24, 2.45) is 0 Å². The molecular weight excluding hydrogens is 198 g/mol. The summed E-state index contributed by atoms with van der Waals surface area (Å²) in [7, 11) is 0. The molecule has 0 bridgehead atoms. The number of nitrogens with zero attached hydrogens (tertiary/aromatic N) is 2. The number of aryl methyl sites for hydroxylation is 3. The summed E-state index contributed by atoms with van der Waals surface area (Å²) in [6, 6.07) is 2.14. The summed E-state index contributed by atoms with van der Waals surface area (Å²) >= 11 is 0. The zero-order valence-electron chi connectivity index (χ0n) is 10.9. The number of hydrogen-bond acceptors (Lipinski definition) is 2. The fourth-order valence-corrected chi connectivity index (χ4v) is 1.89. The molecule has 0 atom stereocenters. The third kappa shape index (κ3) is 4.79. The lowest BCUT2D eigenvalue weighted by Crippen LogP contribution is -2.15. The Hall–Kier alpha value is -0.830. The molecule has 1 aromatic rings. The first-order valence-corrected chi connectivity index (χ1v) is 6.46. The molecule has 0 saturated heterocycles. The maximum absolute atomic E-state index is 4.46. The molecule has 0 aliphatic rings. The van der Waals surface area contributed by atoms with Crippen LogP contribution in [-0.2, 0) is 6.54 Å². The van der Waals surface area contributed by atoms with Crippen molar-refractivity contribution in [2.45, 2.75) is 53.0 Å². The van der Waals surface area contributed by atoms with Gasteiger partial charge in [0.2, 0.25) is 0 Å². The smallest absolute Gasteiger partial charge is 0.0596 e. The second-order valence-electron chi connectivity index (χ2n) is 4.46. The van der Waals surface area contributed by atoms with Crippen molar-refractivity contribution >= 4 is 0 Å². The Balaban J connectivity index is 2.05. The van der Waals surface area contributed by atoms with Crippen LogP contribution in [0.2, 0.25) is 0 Å². The molecule has 0 unspecified atom stereocenters. The zero-order valence-corrected chi connectivity index (χ0v) is 10.9. The standard InChI is InChI=1S/C13H25N3/c1-4-8-14-9-6-5-7-10-16-13(3)11-12(2)15-16/h11,14H,4-10H2,1-3H3. The quantitative estimate of drug-likeness (QED) is 0.687. The highest BCUT2D eigenvalue weighted by Gasteiger charge is 1.99. The van der Waals surface area contributed by atoms with E-state index in [9.17, 15) is 0 Å². The molecule has 0 saturated carbocycles. The van der Waals surface area contributed by atoms with E-state index in [1.54, 1.807) is 0 Å². The van der Waals surface area contributed by atoms with Gasteiger partial charge in [0.25, 0.3) is 0 Å². The minimum Gasteiger partial charge on any atom is -0.317 e. The van der Waals surface area contributed by atoms with Gasteiger partial charge in [0, 0.05) is 12.2 Å². The van der Waals surface area contributed by atoms with E-state index in [-0.39, 0.29) is 0 Å². The Morgan fingerprint density at radius 1 is 1.19 bits per heavy atom. The van der Waals surface area contributed by atoms with Crippen LogP contribution in [0.4, 0.5) is 0 Å². The molecule has 0 fully saturated rings. The van der Waals surface area contributed by atoms with Crippen LogP contribution < -0.4 is 5.32 Å². The van der Waals surface area contributed by atoms with Crippen molar-refractivity contribution in [2.75, 3.05) is 13.1 Å². The van der Waals surface area contributed by atoms with E-state index in [1.165, 1.54) is 31.4 Å². The summed E-state index contributed by atoms with van der Waals surface area (Å²) in [4.78, 5) is 0. The normalized spacial score (nSPS) is 10.9. The fraction of sp³-hybridized carbons (Fsp3) is 0.769. The van der Waals surface area contributed by atoms with Crippen molar-refractivity contribution in [3.63, 3.8) is 0 Å². The van der Waals surface area contributed by atoms with E-state index in [0.717, 1.165) is 25.3 Å². The minimum absolute atomic E-state index is 1.06. The van der Waals surface area contributed by atoms with E-state index in [2.05, 4.69) is 41.9 Å². The summed E-state index contributed by atoms with van der Waals surface area (Å²) in [5.74, 6) is 0. The van der Waals surface area contributed by atoms with Gasteiger partial charge in [-0.15, -0.1) is 0 Å². The van der Waals surface area contributed by atoms with E-state index in [4.69, 9.17) is 0 Å². The summed E-state index contributed by atoms with van der Waals surface area (Å²) in [5, 5.41) is 7.89. The van der Waals surface area contributed by atoms with Crippen LogP contribution in [-0.4, -0.2) is 22.9 Å². The van der Waals surface area contributed by atoms with Gasteiger partial charge in [-0.3, -0.25) is 4.68 Å². The van der Waals surface area contributed by atoms with Gasteiger partial charge in [-0.2, -0.15) is 5.10 Å². The highest BCUT2D eigenvalue weighted by atomic mass is 15.3. The Morgan fingerprint density at radius 2 is 2.00 bits per heavy atom. The number of nitrogens with one attached hydrogen (secondary N) is 1. The summed E-state index contributed by atoms with van der Waals surface area (Å²) in [6.45, 7) is 9.76. The van der Waals surface area contributed by atoms with Crippen molar-refractivity contribution in [3.8, 4) is 0 Å². The average Bonchev–Trinajstić information content (AvgIpc) is 2.56. The number of unbranched alkanes of at least 4 members (excludes halogenated alkanes) is 2. The highest BCUT2D eigenvalue weighted by molar-refractivity contribution is 5.06. The molecule has 1 N–H and O–H groups in total. The molecule has 16 heavy (non-hydrogen) atoms. The minimum atomic E-state index is 1.06. The molecule has 1 heterocycles. The molecule has 92 valence electrons. The zero-order chi connectivity index (χ0) is 11.8. The molecule has 1 rings (SSSR count). The molecular formula is C13H25N3. The largest absolute Gasteiger partial charge is 0.317 e. The van der Waals surface area contributed by atoms with Crippen LogP contribution in [0, 0.1) is 13.8 Å². The maximum Gasteiger partial charge on any atom is 0.0596 e. The third-order valence-corrected chi connectivity index (χ3v) is 2.75. The Morgan fingerprint density at radius 3 is 2.62 bits per heavy atom. The Kier molecular flexibility index (Phi) is 6.16. The lowest BCUT2D eigenvalue weighted by Gasteiger charge is -2.05. The average molecular weight is 223 g/mol. The van der Waals surface area contributed by atoms with Crippen LogP contribution in [0.3, 0.4) is 0 Å². The van der Waals surface area contributed by atoms with Crippen LogP contribution >= 0.6 is 0 Å². The first-order chi connectivity index (χ1) is 7.74. The van der Waals surface area contributed by atoms with Gasteiger partial charge in [0.1, 0.15) is 0 Å². The lowest BCUT2D eigenvalue weighted by molar-refractivity contribution is 0.519. The fourth-order valence-electron chi connectivity index (χ4n) is 1.89. The van der Waals surface area contributed by atoms with Gasteiger partial charge in [0.15, 0.2) is 0 Å². The maximum atomic E-state index is 4.46. The highest BCUT2D eigenvalue weighted by Crippen LogP contribution is 2.04.